The zero-order valence-corrected chi connectivity index (χ0v) is 21.9. The Bertz CT molecular complexity index is 1130. The average molecular weight is 522 g/mol. The number of piperidine rings is 1. The predicted octanol–water partition coefficient (Wildman–Crippen LogP) is 3.16. The van der Waals surface area contributed by atoms with Crippen molar-refractivity contribution in [2.45, 2.75) is 38.1 Å². The highest BCUT2D eigenvalue weighted by molar-refractivity contribution is 6.05. The van der Waals surface area contributed by atoms with Crippen molar-refractivity contribution in [2.75, 3.05) is 38.7 Å². The van der Waals surface area contributed by atoms with Crippen LogP contribution in [0.4, 0.5) is 5.69 Å². The molecule has 0 saturated carbocycles. The summed E-state index contributed by atoms with van der Waals surface area (Å²) in [5.74, 6) is 0.568. The number of nitrogens with one attached hydrogen (secondary N) is 1. The molecule has 1 fully saturated rings. The first kappa shape index (κ1) is 28.6. The van der Waals surface area contributed by atoms with E-state index in [2.05, 4.69) is 10.2 Å². The van der Waals surface area contributed by atoms with Crippen molar-refractivity contribution in [3.05, 3.63) is 59.2 Å². The maximum Gasteiger partial charge on any atom is 0.255 e. The Kier molecular flexibility index (Phi) is 10.6. The quantitative estimate of drug-likeness (QED) is 0.403. The maximum atomic E-state index is 13.3. The molecule has 2 aromatic carbocycles. The van der Waals surface area contributed by atoms with Gasteiger partial charge in [0.05, 0.1) is 23.8 Å². The lowest BCUT2D eigenvalue weighted by Gasteiger charge is -2.35. The van der Waals surface area contributed by atoms with Gasteiger partial charge in [0.2, 0.25) is 5.91 Å². The topological polar surface area (TPSA) is 113 Å². The van der Waals surface area contributed by atoms with Crippen LogP contribution in [0.25, 0.3) is 0 Å². The van der Waals surface area contributed by atoms with Crippen LogP contribution < -0.4 is 15.0 Å². The van der Waals surface area contributed by atoms with Gasteiger partial charge < -0.3 is 24.6 Å². The third-order valence-electron chi connectivity index (χ3n) is 7.12. The molecular formula is C29H35N3O6. The van der Waals surface area contributed by atoms with Gasteiger partial charge in [-0.3, -0.25) is 19.2 Å². The van der Waals surface area contributed by atoms with Crippen LogP contribution in [0.5, 0.6) is 5.75 Å². The second-order valence-electron chi connectivity index (χ2n) is 9.44. The van der Waals surface area contributed by atoms with Crippen molar-refractivity contribution in [2.24, 2.45) is 5.92 Å². The number of rotatable bonds is 13. The maximum absolute atomic E-state index is 13.3. The molecule has 38 heavy (non-hydrogen) atoms. The summed E-state index contributed by atoms with van der Waals surface area (Å²) in [5, 5.41) is 2.50. The smallest absolute Gasteiger partial charge is 0.255 e. The van der Waals surface area contributed by atoms with Crippen molar-refractivity contribution >= 4 is 36.4 Å². The summed E-state index contributed by atoms with van der Waals surface area (Å²) in [6.07, 6.45) is 5.22. The van der Waals surface area contributed by atoms with Crippen molar-refractivity contribution in [3.8, 4) is 5.75 Å². The van der Waals surface area contributed by atoms with E-state index in [1.54, 1.807) is 36.4 Å². The number of hydrogen-bond donors (Lipinski definition) is 1. The van der Waals surface area contributed by atoms with E-state index >= 15 is 0 Å². The van der Waals surface area contributed by atoms with Gasteiger partial charge in [-0.15, -0.1) is 0 Å². The molecule has 0 aromatic heterocycles. The molecule has 0 spiro atoms. The lowest BCUT2D eigenvalue weighted by molar-refractivity contribution is -0.121. The van der Waals surface area contributed by atoms with Crippen LogP contribution in [0.3, 0.4) is 0 Å². The number of likely N-dealkylation sites (N-methyl/N-ethyl adjacent to an activating group) is 1. The normalized spacial score (nSPS) is 14.3. The number of carbonyl (C=O) groups is 5. The molecule has 0 radical (unpaired) electrons. The Morgan fingerprint density at radius 1 is 1.08 bits per heavy atom. The van der Waals surface area contributed by atoms with E-state index in [1.165, 1.54) is 19.0 Å². The van der Waals surface area contributed by atoms with Crippen LogP contribution in [0.1, 0.15) is 63.2 Å². The van der Waals surface area contributed by atoms with E-state index < -0.39 is 11.9 Å². The number of amides is 2. The standard InChI is InChI=1S/C29H35N3O6/c1-30-28(36)11-8-23(19-34)31(2)29(37)25-4-3-5-27(26(25)20-35)32-15-12-21(13-16-32)14-17-38-24-9-6-22(18-33)7-10-24/h3-7,9-10,18-21,23H,8,11-17H2,1-2H3,(H,30,36). The highest BCUT2D eigenvalue weighted by atomic mass is 16.5. The summed E-state index contributed by atoms with van der Waals surface area (Å²) in [5.41, 5.74) is 1.86. The van der Waals surface area contributed by atoms with E-state index in [9.17, 15) is 24.0 Å². The number of hydrogen-bond acceptors (Lipinski definition) is 7. The average Bonchev–Trinajstić information content (AvgIpc) is 2.97. The van der Waals surface area contributed by atoms with E-state index in [4.69, 9.17) is 4.74 Å². The summed E-state index contributed by atoms with van der Waals surface area (Å²) in [4.78, 5) is 62.8. The first-order valence-electron chi connectivity index (χ1n) is 12.9. The third kappa shape index (κ3) is 7.27. The van der Waals surface area contributed by atoms with Crippen molar-refractivity contribution in [3.63, 3.8) is 0 Å². The fraction of sp³-hybridized carbons (Fsp3) is 0.414. The van der Waals surface area contributed by atoms with Crippen molar-refractivity contribution in [1.29, 1.82) is 0 Å². The molecule has 1 saturated heterocycles. The molecule has 2 aromatic rings. The van der Waals surface area contributed by atoms with Gasteiger partial charge in [0.1, 0.15) is 18.3 Å². The summed E-state index contributed by atoms with van der Waals surface area (Å²) in [6.45, 7) is 2.07. The first-order chi connectivity index (χ1) is 18.4. The highest BCUT2D eigenvalue weighted by Crippen LogP contribution is 2.30. The minimum Gasteiger partial charge on any atom is -0.494 e. The summed E-state index contributed by atoms with van der Waals surface area (Å²) < 4.78 is 5.82. The molecule has 1 aliphatic heterocycles. The van der Waals surface area contributed by atoms with Crippen molar-refractivity contribution < 1.29 is 28.7 Å². The van der Waals surface area contributed by atoms with Crippen LogP contribution in [0, 0.1) is 5.92 Å². The first-order valence-corrected chi connectivity index (χ1v) is 12.9. The van der Waals surface area contributed by atoms with E-state index in [0.29, 0.717) is 41.9 Å². The van der Waals surface area contributed by atoms with Crippen molar-refractivity contribution in [1.82, 2.24) is 10.2 Å². The number of carbonyl (C=O) groups excluding carboxylic acids is 5. The van der Waals surface area contributed by atoms with Crippen LogP contribution in [-0.2, 0) is 9.59 Å². The summed E-state index contributed by atoms with van der Waals surface area (Å²) >= 11 is 0. The van der Waals surface area contributed by atoms with Gasteiger partial charge in [-0.25, -0.2) is 0 Å². The largest absolute Gasteiger partial charge is 0.494 e. The zero-order chi connectivity index (χ0) is 27.5. The van der Waals surface area contributed by atoms with Crippen LogP contribution in [0.15, 0.2) is 42.5 Å². The predicted molar refractivity (Wildman–Crippen MR) is 144 cm³/mol. The van der Waals surface area contributed by atoms with Crippen LogP contribution >= 0.6 is 0 Å². The van der Waals surface area contributed by atoms with E-state index in [0.717, 1.165) is 44.4 Å². The minimum atomic E-state index is -0.774. The minimum absolute atomic E-state index is 0.116. The lowest BCUT2D eigenvalue weighted by Crippen LogP contribution is -2.40. The van der Waals surface area contributed by atoms with Gasteiger partial charge in [0.15, 0.2) is 6.29 Å². The van der Waals surface area contributed by atoms with Gasteiger partial charge in [0.25, 0.3) is 5.91 Å². The van der Waals surface area contributed by atoms with Gasteiger partial charge in [-0.1, -0.05) is 6.07 Å². The number of ether oxygens (including phenoxy) is 1. The molecule has 1 atom stereocenters. The molecule has 202 valence electrons. The highest BCUT2D eigenvalue weighted by Gasteiger charge is 2.27. The molecule has 0 aliphatic carbocycles. The Hall–Kier alpha value is -4.01. The Morgan fingerprint density at radius 2 is 1.79 bits per heavy atom. The molecule has 0 bridgehead atoms. The molecule has 1 aliphatic rings. The fourth-order valence-electron chi connectivity index (χ4n) is 4.69. The fourth-order valence-corrected chi connectivity index (χ4v) is 4.69. The summed E-state index contributed by atoms with van der Waals surface area (Å²) in [6, 6.07) is 11.5. The van der Waals surface area contributed by atoms with Gasteiger partial charge >= 0.3 is 0 Å². The second kappa shape index (κ2) is 14.1. The Balaban J connectivity index is 1.59. The van der Waals surface area contributed by atoms with E-state index in [-0.39, 0.29) is 24.3 Å². The SMILES string of the molecule is CNC(=O)CCC(C=O)N(C)C(=O)c1cccc(N2CCC(CCOc3ccc(C=O)cc3)CC2)c1C=O. The molecule has 2 amide bonds. The van der Waals surface area contributed by atoms with Gasteiger partial charge in [-0.2, -0.15) is 0 Å². The summed E-state index contributed by atoms with van der Waals surface area (Å²) in [7, 11) is 3.03. The number of aldehydes is 3. The van der Waals surface area contributed by atoms with Gasteiger partial charge in [0, 0.05) is 44.9 Å². The number of nitrogens with zero attached hydrogens (tertiary/aromatic N) is 2. The van der Waals surface area contributed by atoms with Crippen LogP contribution in [-0.4, -0.2) is 75.4 Å². The molecular weight excluding hydrogens is 486 g/mol. The molecule has 1 heterocycles. The number of benzene rings is 2. The van der Waals surface area contributed by atoms with Gasteiger partial charge in [-0.05, 0) is 68.0 Å². The zero-order valence-electron chi connectivity index (χ0n) is 21.9. The Labute approximate surface area is 223 Å². The number of anilines is 1. The Morgan fingerprint density at radius 3 is 2.39 bits per heavy atom. The second-order valence-corrected chi connectivity index (χ2v) is 9.44. The molecule has 3 rings (SSSR count). The molecule has 1 unspecified atom stereocenters. The monoisotopic (exact) mass is 521 g/mol. The lowest BCUT2D eigenvalue weighted by atomic mass is 9.92. The molecule has 9 nitrogen and oxygen atoms in total. The third-order valence-corrected chi connectivity index (χ3v) is 7.12. The molecule has 1 N–H and O–H groups in total. The molecule has 9 heteroatoms. The van der Waals surface area contributed by atoms with Crippen LogP contribution in [0.2, 0.25) is 0 Å². The van der Waals surface area contributed by atoms with E-state index in [1.807, 2.05) is 6.07 Å².